The zero-order valence-corrected chi connectivity index (χ0v) is 22.1. The van der Waals surface area contributed by atoms with Gasteiger partial charge in [-0.25, -0.2) is 17.5 Å². The lowest BCUT2D eigenvalue weighted by Crippen LogP contribution is -2.51. The number of nitrogens with zero attached hydrogens (tertiary/aromatic N) is 3. The van der Waals surface area contributed by atoms with Gasteiger partial charge in [-0.1, -0.05) is 19.3 Å². The molecule has 3 fully saturated rings. The maximum atomic E-state index is 13.2. The molecule has 1 saturated carbocycles. The summed E-state index contributed by atoms with van der Waals surface area (Å²) in [6.07, 6.45) is 7.01. The van der Waals surface area contributed by atoms with Crippen LogP contribution < -0.4 is 15.5 Å². The fraction of sp³-hybridized carbons (Fsp3) is 0.654. The van der Waals surface area contributed by atoms with E-state index in [2.05, 4.69) is 10.6 Å². The highest BCUT2D eigenvalue weighted by atomic mass is 32.2. The third-order valence-electron chi connectivity index (χ3n) is 8.39. The Hall–Kier alpha value is -2.46. The van der Waals surface area contributed by atoms with Crippen LogP contribution in [0, 0.1) is 19.8 Å². The molecule has 2 N–H and O–H groups in total. The summed E-state index contributed by atoms with van der Waals surface area (Å²) < 4.78 is 28.0. The molecule has 0 aromatic heterocycles. The number of nitrogens with one attached hydrogen (secondary N) is 2. The average molecular weight is 516 g/mol. The minimum Gasteiger partial charge on any atom is -0.336 e. The Morgan fingerprint density at radius 3 is 2.31 bits per heavy atom. The van der Waals surface area contributed by atoms with Gasteiger partial charge >= 0.3 is 6.03 Å². The molecule has 1 aliphatic carbocycles. The van der Waals surface area contributed by atoms with Gasteiger partial charge < -0.3 is 10.6 Å². The van der Waals surface area contributed by atoms with Crippen LogP contribution in [0.1, 0.15) is 61.6 Å². The number of amides is 3. The van der Waals surface area contributed by atoms with Gasteiger partial charge in [0.1, 0.15) is 11.4 Å². The minimum atomic E-state index is -3.47. The van der Waals surface area contributed by atoms with Gasteiger partial charge in [-0.05, 0) is 74.8 Å². The Bertz CT molecular complexity index is 1160. The van der Waals surface area contributed by atoms with Crippen LogP contribution in [-0.4, -0.2) is 68.0 Å². The van der Waals surface area contributed by atoms with E-state index in [-0.39, 0.29) is 17.7 Å². The minimum absolute atomic E-state index is 0.0218. The van der Waals surface area contributed by atoms with E-state index in [0.29, 0.717) is 51.4 Å². The van der Waals surface area contributed by atoms with Crippen LogP contribution in [-0.2, 0) is 21.2 Å². The van der Waals surface area contributed by atoms with E-state index in [1.165, 1.54) is 23.6 Å². The second-order valence-electron chi connectivity index (χ2n) is 10.7. The van der Waals surface area contributed by atoms with E-state index in [1.54, 1.807) is 4.90 Å². The van der Waals surface area contributed by atoms with E-state index >= 15 is 0 Å². The Kier molecular flexibility index (Phi) is 6.84. The summed E-state index contributed by atoms with van der Waals surface area (Å²) >= 11 is 0. The van der Waals surface area contributed by atoms with Gasteiger partial charge in [-0.3, -0.25) is 14.7 Å². The van der Waals surface area contributed by atoms with Crippen LogP contribution in [0.15, 0.2) is 17.1 Å². The lowest BCUT2D eigenvalue weighted by Gasteiger charge is -2.34. The maximum Gasteiger partial charge on any atom is 0.321 e. The Morgan fingerprint density at radius 2 is 1.69 bits per heavy atom. The van der Waals surface area contributed by atoms with E-state index in [4.69, 9.17) is 4.99 Å². The Balaban J connectivity index is 1.22. The van der Waals surface area contributed by atoms with Gasteiger partial charge in [0, 0.05) is 37.8 Å². The molecule has 10 heteroatoms. The molecule has 1 spiro atoms. The molecule has 4 aliphatic rings. The Labute approximate surface area is 213 Å². The number of aryl methyl sites for hydroxylation is 2. The summed E-state index contributed by atoms with van der Waals surface area (Å²) in [6, 6.07) is 3.83. The lowest BCUT2D eigenvalue weighted by molar-refractivity contribution is -0.125. The van der Waals surface area contributed by atoms with E-state index < -0.39 is 15.6 Å². The number of anilines is 1. The summed E-state index contributed by atoms with van der Waals surface area (Å²) in [7, 11) is -3.47. The highest BCUT2D eigenvalue weighted by molar-refractivity contribution is 7.89. The molecule has 3 aliphatic heterocycles. The van der Waals surface area contributed by atoms with Crippen LogP contribution in [0.25, 0.3) is 0 Å². The van der Waals surface area contributed by atoms with Gasteiger partial charge in [0.15, 0.2) is 0 Å². The molecule has 0 bridgehead atoms. The van der Waals surface area contributed by atoms with Crippen molar-refractivity contribution in [3.63, 3.8) is 0 Å². The highest BCUT2D eigenvalue weighted by Crippen LogP contribution is 2.35. The molecule has 0 radical (unpaired) electrons. The predicted octanol–water partition coefficient (Wildman–Crippen LogP) is 2.65. The molecule has 0 atom stereocenters. The number of aliphatic imine (C=N–C) groups is 1. The molecule has 0 unspecified atom stereocenters. The summed E-state index contributed by atoms with van der Waals surface area (Å²) in [6.45, 7) is 5.83. The van der Waals surface area contributed by atoms with Crippen LogP contribution in [0.4, 0.5) is 10.5 Å². The van der Waals surface area contributed by atoms with Crippen LogP contribution in [0.5, 0.6) is 0 Å². The zero-order valence-electron chi connectivity index (χ0n) is 21.3. The largest absolute Gasteiger partial charge is 0.336 e. The molecule has 3 amide bonds. The monoisotopic (exact) mass is 515 g/mol. The summed E-state index contributed by atoms with van der Waals surface area (Å²) in [4.78, 5) is 31.5. The first-order valence-corrected chi connectivity index (χ1v) is 14.8. The van der Waals surface area contributed by atoms with Gasteiger partial charge in [0.25, 0.3) is 5.91 Å². The first kappa shape index (κ1) is 25.2. The normalized spacial score (nSPS) is 23.2. The van der Waals surface area contributed by atoms with Gasteiger partial charge in [-0.15, -0.1) is 0 Å². The quantitative estimate of drug-likeness (QED) is 0.607. The third-order valence-corrected chi connectivity index (χ3v) is 10.3. The number of carbonyl (C=O) groups excluding carboxylic acids is 2. The number of carbonyl (C=O) groups is 2. The number of amidine groups is 1. The van der Waals surface area contributed by atoms with E-state index in [1.807, 2.05) is 26.0 Å². The molecule has 5 rings (SSSR count). The number of sulfonamides is 1. The number of urea groups is 1. The van der Waals surface area contributed by atoms with Crippen molar-refractivity contribution in [1.82, 2.24) is 14.9 Å². The van der Waals surface area contributed by atoms with Crippen molar-refractivity contribution < 1.29 is 18.0 Å². The van der Waals surface area contributed by atoms with Crippen molar-refractivity contribution in [1.29, 1.82) is 0 Å². The van der Waals surface area contributed by atoms with Gasteiger partial charge in [0.2, 0.25) is 10.0 Å². The van der Waals surface area contributed by atoms with Crippen LogP contribution in [0.2, 0.25) is 0 Å². The molecular weight excluding hydrogens is 478 g/mol. The van der Waals surface area contributed by atoms with E-state index in [9.17, 15) is 18.0 Å². The van der Waals surface area contributed by atoms with Crippen molar-refractivity contribution in [2.24, 2.45) is 10.9 Å². The number of piperidine rings is 1. The molecule has 9 nitrogen and oxygen atoms in total. The van der Waals surface area contributed by atoms with Crippen molar-refractivity contribution in [3.05, 3.63) is 28.8 Å². The summed E-state index contributed by atoms with van der Waals surface area (Å²) in [5.74, 6) is 1.13. The fourth-order valence-corrected chi connectivity index (χ4v) is 7.64. The maximum absolute atomic E-state index is 13.2. The fourth-order valence-electron chi connectivity index (χ4n) is 6.18. The predicted molar refractivity (Wildman–Crippen MR) is 140 cm³/mol. The molecule has 3 heterocycles. The molecule has 2 saturated heterocycles. The average Bonchev–Trinajstić information content (AvgIpc) is 3.42. The zero-order chi connectivity index (χ0) is 25.5. The third kappa shape index (κ3) is 4.77. The number of rotatable bonds is 6. The Morgan fingerprint density at radius 1 is 1.03 bits per heavy atom. The van der Waals surface area contributed by atoms with Crippen molar-refractivity contribution in [2.75, 3.05) is 36.8 Å². The highest BCUT2D eigenvalue weighted by Gasteiger charge is 2.48. The molecular formula is C26H37N5O4S. The first-order valence-electron chi connectivity index (χ1n) is 13.2. The number of hydrogen-bond donors (Lipinski definition) is 2. The van der Waals surface area contributed by atoms with Gasteiger partial charge in [-0.2, -0.15) is 0 Å². The number of benzene rings is 1. The van der Waals surface area contributed by atoms with E-state index in [0.717, 1.165) is 41.1 Å². The topological polar surface area (TPSA) is 111 Å². The van der Waals surface area contributed by atoms with Crippen molar-refractivity contribution in [2.45, 2.75) is 70.8 Å². The molecule has 1 aromatic rings. The standard InChI is InChI=1S/C26H37N5O4S/c1-18-16-21(31-14-11-27-25(31)33)17-19(2)22(18)8-15-36(34,35)30-12-9-26(10-13-30)24(32)28-23(29-26)20-6-4-3-5-7-20/h16-17,20H,3-15H2,1-2H3,(H,27,33)(H,28,29,32). The van der Waals surface area contributed by atoms with Crippen molar-refractivity contribution >= 4 is 33.5 Å². The van der Waals surface area contributed by atoms with Crippen molar-refractivity contribution in [3.8, 4) is 0 Å². The molecule has 36 heavy (non-hydrogen) atoms. The smallest absolute Gasteiger partial charge is 0.321 e. The second-order valence-corrected chi connectivity index (χ2v) is 12.8. The first-order chi connectivity index (χ1) is 17.2. The van der Waals surface area contributed by atoms with Gasteiger partial charge in [0.05, 0.1) is 5.75 Å². The number of hydrogen-bond acceptors (Lipinski definition) is 5. The molecule has 1 aromatic carbocycles. The summed E-state index contributed by atoms with van der Waals surface area (Å²) in [5, 5.41) is 5.85. The SMILES string of the molecule is Cc1cc(N2CCNC2=O)cc(C)c1CCS(=O)(=O)N1CCC2(CC1)N=C(C1CCCCC1)NC2=O. The van der Waals surface area contributed by atoms with Crippen LogP contribution in [0.3, 0.4) is 0 Å². The van der Waals surface area contributed by atoms with Crippen LogP contribution >= 0.6 is 0 Å². The molecule has 196 valence electrons. The lowest BCUT2D eigenvalue weighted by atomic mass is 9.88. The second kappa shape index (κ2) is 9.78. The summed E-state index contributed by atoms with van der Waals surface area (Å²) in [5.41, 5.74) is 3.03.